The molecule has 4 rings (SSSR count). The largest absolute Gasteiger partial charge is 0.497 e. The maximum absolute atomic E-state index is 12.9. The molecular formula is C24H36N2O4. The lowest BCUT2D eigenvalue weighted by atomic mass is 9.73. The van der Waals surface area contributed by atoms with Gasteiger partial charge in [-0.15, -0.1) is 0 Å². The number of carbonyl (C=O) groups is 2. The zero-order valence-corrected chi connectivity index (χ0v) is 18.7. The number of nitrogens with zero attached hydrogens (tertiary/aromatic N) is 2. The minimum atomic E-state index is -0.274. The molecule has 0 radical (unpaired) electrons. The highest BCUT2D eigenvalue weighted by Crippen LogP contribution is 2.45. The van der Waals surface area contributed by atoms with Crippen molar-refractivity contribution in [3.05, 3.63) is 29.8 Å². The second kappa shape index (κ2) is 9.38. The molecule has 0 aliphatic carbocycles. The SMILES string of the molecule is COc1ccc([C@H]2CCC[C@H]3[C@@H]4C[C@@H](CN(C(=O)C(C)(C)C)C4)CN23)cc1.O=CO. The number of carbonyl (C=O) groups excluding carboxylic acids is 1. The second-order valence-corrected chi connectivity index (χ2v) is 9.91. The van der Waals surface area contributed by atoms with Gasteiger partial charge in [-0.2, -0.15) is 0 Å². The summed E-state index contributed by atoms with van der Waals surface area (Å²) >= 11 is 0. The van der Waals surface area contributed by atoms with Gasteiger partial charge in [-0.1, -0.05) is 32.9 Å². The topological polar surface area (TPSA) is 70.1 Å². The standard InChI is InChI=1S/C23H34N2O2.CH2O2/c1-23(2,3)22(26)24-13-16-12-18(15-24)21-7-5-6-20(25(21)14-16)17-8-10-19(27-4)11-9-17;2-1-3/h8-11,16,18,20-21H,5-7,12-15H2,1-4H3;1H,(H,2,3)/t16-,18+,20+,21-;/m0./s1. The Bertz CT molecular complexity index is 728. The number of hydrogen-bond acceptors (Lipinski definition) is 4. The van der Waals surface area contributed by atoms with Gasteiger partial charge in [0.2, 0.25) is 5.91 Å². The van der Waals surface area contributed by atoms with Crippen LogP contribution in [-0.2, 0) is 9.59 Å². The number of amides is 1. The van der Waals surface area contributed by atoms with E-state index < -0.39 is 0 Å². The summed E-state index contributed by atoms with van der Waals surface area (Å²) < 4.78 is 5.33. The Morgan fingerprint density at radius 2 is 1.80 bits per heavy atom. The number of rotatable bonds is 2. The molecule has 0 unspecified atom stereocenters. The molecule has 0 saturated carbocycles. The van der Waals surface area contributed by atoms with Crippen LogP contribution in [0, 0.1) is 17.3 Å². The molecule has 6 heteroatoms. The van der Waals surface area contributed by atoms with E-state index in [4.69, 9.17) is 14.6 Å². The smallest absolute Gasteiger partial charge is 0.290 e. The number of likely N-dealkylation sites (tertiary alicyclic amines) is 1. The van der Waals surface area contributed by atoms with Gasteiger partial charge in [-0.3, -0.25) is 14.5 Å². The van der Waals surface area contributed by atoms with Gasteiger partial charge in [0.1, 0.15) is 5.75 Å². The van der Waals surface area contributed by atoms with E-state index in [0.29, 0.717) is 29.8 Å². The monoisotopic (exact) mass is 416 g/mol. The maximum Gasteiger partial charge on any atom is 0.290 e. The molecule has 3 aliphatic rings. The van der Waals surface area contributed by atoms with E-state index in [1.54, 1.807) is 7.11 Å². The Hall–Kier alpha value is -2.08. The van der Waals surface area contributed by atoms with Crippen molar-refractivity contribution in [1.29, 1.82) is 0 Å². The maximum atomic E-state index is 12.9. The van der Waals surface area contributed by atoms with E-state index in [1.807, 2.05) is 20.8 Å². The summed E-state index contributed by atoms with van der Waals surface area (Å²) in [6, 6.07) is 9.81. The van der Waals surface area contributed by atoms with Crippen LogP contribution < -0.4 is 4.74 Å². The molecule has 3 saturated heterocycles. The number of methoxy groups -OCH3 is 1. The number of piperidine rings is 3. The first-order chi connectivity index (χ1) is 14.3. The molecule has 1 aromatic carbocycles. The fourth-order valence-electron chi connectivity index (χ4n) is 5.63. The summed E-state index contributed by atoms with van der Waals surface area (Å²) in [4.78, 5) is 26.2. The molecule has 30 heavy (non-hydrogen) atoms. The predicted octanol–water partition coefficient (Wildman–Crippen LogP) is 3.82. The summed E-state index contributed by atoms with van der Waals surface area (Å²) in [5.41, 5.74) is 1.15. The van der Waals surface area contributed by atoms with E-state index in [9.17, 15) is 4.79 Å². The highest BCUT2D eigenvalue weighted by molar-refractivity contribution is 5.81. The van der Waals surface area contributed by atoms with Gasteiger partial charge in [-0.05, 0) is 55.2 Å². The van der Waals surface area contributed by atoms with Gasteiger partial charge in [-0.25, -0.2) is 0 Å². The number of hydrogen-bond donors (Lipinski definition) is 1. The Kier molecular flexibility index (Phi) is 7.06. The van der Waals surface area contributed by atoms with Crippen LogP contribution >= 0.6 is 0 Å². The van der Waals surface area contributed by atoms with Gasteiger partial charge in [0, 0.05) is 37.1 Å². The van der Waals surface area contributed by atoms with Crippen LogP contribution in [-0.4, -0.2) is 60.1 Å². The Balaban J connectivity index is 0.000000806. The second-order valence-electron chi connectivity index (χ2n) is 9.91. The number of benzene rings is 1. The molecular weight excluding hydrogens is 380 g/mol. The lowest BCUT2D eigenvalue weighted by Gasteiger charge is -2.55. The van der Waals surface area contributed by atoms with Crippen molar-refractivity contribution in [3.8, 4) is 5.75 Å². The number of fused-ring (bicyclic) bond motifs is 4. The molecule has 2 bridgehead atoms. The summed E-state index contributed by atoms with van der Waals surface area (Å²) in [6.07, 6.45) is 5.10. The third kappa shape index (κ3) is 4.80. The molecule has 3 heterocycles. The van der Waals surface area contributed by atoms with Crippen LogP contribution in [0.3, 0.4) is 0 Å². The first-order valence-electron chi connectivity index (χ1n) is 11.1. The van der Waals surface area contributed by atoms with Crippen molar-refractivity contribution < 1.29 is 19.4 Å². The highest BCUT2D eigenvalue weighted by atomic mass is 16.5. The van der Waals surface area contributed by atoms with Gasteiger partial charge >= 0.3 is 0 Å². The van der Waals surface area contributed by atoms with E-state index >= 15 is 0 Å². The summed E-state index contributed by atoms with van der Waals surface area (Å²) in [5.74, 6) is 2.50. The third-order valence-corrected chi connectivity index (χ3v) is 6.82. The third-order valence-electron chi connectivity index (χ3n) is 6.82. The number of carboxylic acid groups (broad SMARTS) is 1. The van der Waals surface area contributed by atoms with Crippen LogP contribution in [0.4, 0.5) is 0 Å². The van der Waals surface area contributed by atoms with E-state index in [1.165, 1.54) is 31.2 Å². The molecule has 3 fully saturated rings. The van der Waals surface area contributed by atoms with Crippen molar-refractivity contribution in [2.75, 3.05) is 26.7 Å². The zero-order chi connectivity index (χ0) is 21.9. The van der Waals surface area contributed by atoms with Crippen molar-refractivity contribution in [2.45, 2.75) is 58.5 Å². The minimum absolute atomic E-state index is 0.250. The van der Waals surface area contributed by atoms with E-state index in [0.717, 1.165) is 25.4 Å². The lowest BCUT2D eigenvalue weighted by molar-refractivity contribution is -0.147. The lowest BCUT2D eigenvalue weighted by Crippen LogP contribution is -2.61. The molecule has 1 amide bonds. The first-order valence-corrected chi connectivity index (χ1v) is 11.1. The average Bonchev–Trinajstić information content (AvgIpc) is 2.72. The molecule has 1 aromatic rings. The van der Waals surface area contributed by atoms with Crippen LogP contribution in [0.25, 0.3) is 0 Å². The average molecular weight is 417 g/mol. The van der Waals surface area contributed by atoms with Crippen LogP contribution in [0.5, 0.6) is 5.75 Å². The molecule has 3 aliphatic heterocycles. The highest BCUT2D eigenvalue weighted by Gasteiger charge is 2.46. The predicted molar refractivity (Wildman–Crippen MR) is 116 cm³/mol. The molecule has 0 aromatic heterocycles. The normalized spacial score (nSPS) is 28.6. The van der Waals surface area contributed by atoms with Crippen LogP contribution in [0.1, 0.15) is 58.1 Å². The number of ether oxygens (including phenoxy) is 1. The summed E-state index contributed by atoms with van der Waals surface area (Å²) in [6.45, 7) is 8.91. The Labute approximate surface area is 180 Å². The molecule has 6 nitrogen and oxygen atoms in total. The van der Waals surface area contributed by atoms with Gasteiger partial charge in [0.05, 0.1) is 7.11 Å². The summed E-state index contributed by atoms with van der Waals surface area (Å²) in [7, 11) is 1.72. The molecule has 4 atom stereocenters. The fraction of sp³-hybridized carbons (Fsp3) is 0.667. The quantitative estimate of drug-likeness (QED) is 0.743. The molecule has 0 spiro atoms. The van der Waals surface area contributed by atoms with Crippen LogP contribution in [0.15, 0.2) is 24.3 Å². The Morgan fingerprint density at radius 3 is 2.40 bits per heavy atom. The molecule has 1 N–H and O–H groups in total. The zero-order valence-electron chi connectivity index (χ0n) is 18.7. The van der Waals surface area contributed by atoms with Gasteiger partial charge < -0.3 is 14.7 Å². The van der Waals surface area contributed by atoms with E-state index in [2.05, 4.69) is 34.1 Å². The molecule has 166 valence electrons. The van der Waals surface area contributed by atoms with Crippen molar-refractivity contribution in [3.63, 3.8) is 0 Å². The van der Waals surface area contributed by atoms with Crippen molar-refractivity contribution in [1.82, 2.24) is 9.80 Å². The summed E-state index contributed by atoms with van der Waals surface area (Å²) in [5, 5.41) is 6.89. The minimum Gasteiger partial charge on any atom is -0.497 e. The van der Waals surface area contributed by atoms with Gasteiger partial charge in [0.15, 0.2) is 0 Å². The first kappa shape index (κ1) is 22.6. The van der Waals surface area contributed by atoms with E-state index in [-0.39, 0.29) is 11.9 Å². The van der Waals surface area contributed by atoms with Gasteiger partial charge in [0.25, 0.3) is 6.47 Å². The fourth-order valence-corrected chi connectivity index (χ4v) is 5.63. The van der Waals surface area contributed by atoms with Crippen molar-refractivity contribution in [2.24, 2.45) is 17.3 Å². The Morgan fingerprint density at radius 1 is 1.13 bits per heavy atom. The van der Waals surface area contributed by atoms with Crippen molar-refractivity contribution >= 4 is 12.4 Å². The van der Waals surface area contributed by atoms with Crippen LogP contribution in [0.2, 0.25) is 0 Å².